The first-order valence-corrected chi connectivity index (χ1v) is 7.76. The minimum atomic E-state index is 1.02. The third-order valence-electron chi connectivity index (χ3n) is 5.01. The number of rotatable bonds is 8. The molecule has 0 aromatic rings. The molecule has 0 aromatic carbocycles. The molecule has 2 heteroatoms. The molecule has 2 bridgehead atoms. The van der Waals surface area contributed by atoms with E-state index in [2.05, 4.69) is 24.1 Å². The number of hydrogen-bond acceptors (Lipinski definition) is 2. The van der Waals surface area contributed by atoms with Crippen molar-refractivity contribution in [3.8, 4) is 0 Å². The van der Waals surface area contributed by atoms with Crippen molar-refractivity contribution in [3.63, 3.8) is 0 Å². The van der Waals surface area contributed by atoms with Crippen LogP contribution in [0.5, 0.6) is 0 Å². The Kier molecular flexibility index (Phi) is 5.30. The highest BCUT2D eigenvalue weighted by Crippen LogP contribution is 2.47. The summed E-state index contributed by atoms with van der Waals surface area (Å²) in [5, 5.41) is 3.69. The van der Waals surface area contributed by atoms with Gasteiger partial charge in [-0.1, -0.05) is 20.3 Å². The topological polar surface area (TPSA) is 15.3 Å². The number of fused-ring (bicyclic) bond motifs is 2. The van der Waals surface area contributed by atoms with Gasteiger partial charge in [0.2, 0.25) is 0 Å². The van der Waals surface area contributed by atoms with Gasteiger partial charge < -0.3 is 10.2 Å². The van der Waals surface area contributed by atoms with Crippen LogP contribution in [0.15, 0.2) is 0 Å². The second kappa shape index (κ2) is 6.75. The van der Waals surface area contributed by atoms with Gasteiger partial charge in [0, 0.05) is 0 Å². The minimum absolute atomic E-state index is 1.02. The molecule has 0 saturated heterocycles. The van der Waals surface area contributed by atoms with Gasteiger partial charge in [-0.3, -0.25) is 0 Å². The molecule has 17 heavy (non-hydrogen) atoms. The van der Waals surface area contributed by atoms with Gasteiger partial charge in [-0.25, -0.2) is 0 Å². The Morgan fingerprint density at radius 1 is 1.12 bits per heavy atom. The number of hydrogen-bond donors (Lipinski definition) is 1. The van der Waals surface area contributed by atoms with Crippen LogP contribution in [0.3, 0.4) is 0 Å². The van der Waals surface area contributed by atoms with Crippen LogP contribution >= 0.6 is 0 Å². The lowest BCUT2D eigenvalue weighted by atomic mass is 9.89. The summed E-state index contributed by atoms with van der Waals surface area (Å²) in [6.07, 6.45) is 7.43. The molecule has 0 heterocycles. The van der Waals surface area contributed by atoms with E-state index in [1.807, 2.05) is 0 Å². The molecule has 0 radical (unpaired) electrons. The maximum atomic E-state index is 3.69. The van der Waals surface area contributed by atoms with Crippen molar-refractivity contribution in [2.24, 2.45) is 17.8 Å². The Balaban J connectivity index is 1.49. The van der Waals surface area contributed by atoms with Gasteiger partial charge in [-0.2, -0.15) is 0 Å². The third kappa shape index (κ3) is 3.69. The smallest absolute Gasteiger partial charge is 0.000687 e. The van der Waals surface area contributed by atoms with Crippen LogP contribution in [-0.4, -0.2) is 37.6 Å². The SMILES string of the molecule is CCN(CC)CCCNCC1CC2CCC1C2. The van der Waals surface area contributed by atoms with E-state index >= 15 is 0 Å². The van der Waals surface area contributed by atoms with Crippen LogP contribution in [0.4, 0.5) is 0 Å². The van der Waals surface area contributed by atoms with Crippen LogP contribution in [0.1, 0.15) is 46.0 Å². The Labute approximate surface area is 107 Å². The predicted octanol–water partition coefficient (Wildman–Crippen LogP) is 2.74. The van der Waals surface area contributed by atoms with E-state index in [1.54, 1.807) is 6.42 Å². The highest BCUT2D eigenvalue weighted by atomic mass is 15.1. The van der Waals surface area contributed by atoms with Gasteiger partial charge in [0.15, 0.2) is 0 Å². The maximum absolute atomic E-state index is 3.69. The van der Waals surface area contributed by atoms with E-state index in [1.165, 1.54) is 58.4 Å². The van der Waals surface area contributed by atoms with Gasteiger partial charge >= 0.3 is 0 Å². The first-order chi connectivity index (χ1) is 8.33. The lowest BCUT2D eigenvalue weighted by molar-refractivity contribution is 0.288. The zero-order valence-corrected chi connectivity index (χ0v) is 11.8. The first-order valence-electron chi connectivity index (χ1n) is 7.76. The zero-order valence-electron chi connectivity index (χ0n) is 11.8. The predicted molar refractivity (Wildman–Crippen MR) is 74.2 cm³/mol. The monoisotopic (exact) mass is 238 g/mol. The molecule has 1 N–H and O–H groups in total. The molecule has 2 aliphatic rings. The van der Waals surface area contributed by atoms with Crippen molar-refractivity contribution in [2.45, 2.75) is 46.0 Å². The molecule has 0 aliphatic heterocycles. The molecule has 2 rings (SSSR count). The fraction of sp³-hybridized carbons (Fsp3) is 1.00. The fourth-order valence-electron chi connectivity index (χ4n) is 3.88. The van der Waals surface area contributed by atoms with E-state index in [4.69, 9.17) is 0 Å². The molecule has 2 saturated carbocycles. The molecular formula is C15H30N2. The van der Waals surface area contributed by atoms with Crippen LogP contribution in [0.25, 0.3) is 0 Å². The number of nitrogens with zero attached hydrogens (tertiary/aromatic N) is 1. The maximum Gasteiger partial charge on any atom is -0.000687 e. The second-order valence-corrected chi connectivity index (χ2v) is 6.02. The van der Waals surface area contributed by atoms with Crippen LogP contribution in [-0.2, 0) is 0 Å². The molecule has 2 aliphatic carbocycles. The largest absolute Gasteiger partial charge is 0.316 e. The quantitative estimate of drug-likeness (QED) is 0.654. The molecule has 100 valence electrons. The average Bonchev–Trinajstić information content (AvgIpc) is 2.96. The summed E-state index contributed by atoms with van der Waals surface area (Å²) in [7, 11) is 0. The fourth-order valence-corrected chi connectivity index (χ4v) is 3.88. The lowest BCUT2D eigenvalue weighted by Crippen LogP contribution is -2.30. The molecule has 0 spiro atoms. The van der Waals surface area contributed by atoms with Gasteiger partial charge in [-0.05, 0) is 76.2 Å². The summed E-state index contributed by atoms with van der Waals surface area (Å²) < 4.78 is 0. The number of nitrogens with one attached hydrogen (secondary N) is 1. The third-order valence-corrected chi connectivity index (χ3v) is 5.01. The summed E-state index contributed by atoms with van der Waals surface area (Å²) >= 11 is 0. The van der Waals surface area contributed by atoms with Crippen molar-refractivity contribution in [3.05, 3.63) is 0 Å². The molecule has 2 nitrogen and oxygen atoms in total. The summed E-state index contributed by atoms with van der Waals surface area (Å²) in [5.41, 5.74) is 0. The van der Waals surface area contributed by atoms with Crippen molar-refractivity contribution in [1.29, 1.82) is 0 Å². The van der Waals surface area contributed by atoms with Crippen LogP contribution in [0.2, 0.25) is 0 Å². The van der Waals surface area contributed by atoms with Gasteiger partial charge in [-0.15, -0.1) is 0 Å². The first kappa shape index (κ1) is 13.4. The van der Waals surface area contributed by atoms with E-state index in [-0.39, 0.29) is 0 Å². The highest BCUT2D eigenvalue weighted by molar-refractivity contribution is 4.90. The van der Waals surface area contributed by atoms with Crippen molar-refractivity contribution in [2.75, 3.05) is 32.7 Å². The van der Waals surface area contributed by atoms with Crippen molar-refractivity contribution in [1.82, 2.24) is 10.2 Å². The van der Waals surface area contributed by atoms with Crippen molar-refractivity contribution < 1.29 is 0 Å². The van der Waals surface area contributed by atoms with E-state index in [9.17, 15) is 0 Å². The normalized spacial score (nSPS) is 31.6. The van der Waals surface area contributed by atoms with Crippen LogP contribution in [0, 0.1) is 17.8 Å². The summed E-state index contributed by atoms with van der Waals surface area (Å²) in [6, 6.07) is 0. The average molecular weight is 238 g/mol. The zero-order chi connectivity index (χ0) is 12.1. The Morgan fingerprint density at radius 3 is 2.53 bits per heavy atom. The van der Waals surface area contributed by atoms with Gasteiger partial charge in [0.1, 0.15) is 0 Å². The van der Waals surface area contributed by atoms with Crippen LogP contribution < -0.4 is 5.32 Å². The molecule has 2 fully saturated rings. The van der Waals surface area contributed by atoms with Crippen molar-refractivity contribution >= 4 is 0 Å². The Bertz CT molecular complexity index is 213. The highest BCUT2D eigenvalue weighted by Gasteiger charge is 2.38. The molecule has 0 aromatic heterocycles. The van der Waals surface area contributed by atoms with Gasteiger partial charge in [0.05, 0.1) is 0 Å². The lowest BCUT2D eigenvalue weighted by Gasteiger charge is -2.22. The Morgan fingerprint density at radius 2 is 1.94 bits per heavy atom. The summed E-state index contributed by atoms with van der Waals surface area (Å²) in [5.74, 6) is 3.19. The van der Waals surface area contributed by atoms with Gasteiger partial charge in [0.25, 0.3) is 0 Å². The van der Waals surface area contributed by atoms with E-state index < -0.39 is 0 Å². The summed E-state index contributed by atoms with van der Waals surface area (Å²) in [4.78, 5) is 2.51. The molecule has 0 amide bonds. The molecule has 3 atom stereocenters. The Hall–Kier alpha value is -0.0800. The molecular weight excluding hydrogens is 208 g/mol. The standard InChI is InChI=1S/C15H30N2/c1-3-17(4-2)9-5-8-16-12-15-11-13-6-7-14(15)10-13/h13-16H,3-12H2,1-2H3. The van der Waals surface area contributed by atoms with E-state index in [0.29, 0.717) is 0 Å². The van der Waals surface area contributed by atoms with E-state index in [0.717, 1.165) is 17.8 Å². The second-order valence-electron chi connectivity index (χ2n) is 6.02. The molecule has 3 unspecified atom stereocenters. The minimum Gasteiger partial charge on any atom is -0.316 e. The summed E-state index contributed by atoms with van der Waals surface area (Å²) in [6.45, 7) is 10.7.